The highest BCUT2D eigenvalue weighted by atomic mass is 15.1. The quantitative estimate of drug-likeness (QED) is 0.678. The third-order valence-electron chi connectivity index (χ3n) is 3.84. The summed E-state index contributed by atoms with van der Waals surface area (Å²) in [4.78, 5) is 2.48. The van der Waals surface area contributed by atoms with Crippen LogP contribution in [0.25, 0.3) is 0 Å². The Morgan fingerprint density at radius 3 is 2.47 bits per heavy atom. The van der Waals surface area contributed by atoms with Crippen LogP contribution in [0.3, 0.4) is 0 Å². The molecule has 15 heavy (non-hydrogen) atoms. The third-order valence-corrected chi connectivity index (χ3v) is 3.84. The number of nitrogens with zero attached hydrogens (tertiary/aromatic N) is 1. The zero-order valence-corrected chi connectivity index (χ0v) is 9.98. The topological polar surface area (TPSA) is 3.24 Å². The molecule has 0 saturated carbocycles. The molecule has 82 valence electrons. The summed E-state index contributed by atoms with van der Waals surface area (Å²) in [7, 11) is 2.24. The van der Waals surface area contributed by atoms with E-state index in [1.54, 1.807) is 0 Å². The Balaban J connectivity index is 2.16. The Morgan fingerprint density at radius 1 is 1.13 bits per heavy atom. The van der Waals surface area contributed by atoms with Crippen molar-refractivity contribution in [1.82, 2.24) is 4.90 Å². The van der Waals surface area contributed by atoms with Crippen LogP contribution in [0.15, 0.2) is 30.3 Å². The first kappa shape index (κ1) is 10.7. The number of rotatable bonds is 1. The summed E-state index contributed by atoms with van der Waals surface area (Å²) in [6, 6.07) is 11.7. The van der Waals surface area contributed by atoms with Gasteiger partial charge in [-0.2, -0.15) is 0 Å². The van der Waals surface area contributed by atoms with E-state index in [9.17, 15) is 0 Å². The van der Waals surface area contributed by atoms with Crippen LogP contribution in [0.5, 0.6) is 0 Å². The number of hydrogen-bond donors (Lipinski definition) is 0. The van der Waals surface area contributed by atoms with Crippen molar-refractivity contribution >= 4 is 0 Å². The molecule has 1 heteroatoms. The monoisotopic (exact) mass is 203 g/mol. The van der Waals surface area contributed by atoms with Crippen molar-refractivity contribution < 1.29 is 0 Å². The first-order valence-corrected chi connectivity index (χ1v) is 5.93. The molecule has 1 heterocycles. The maximum atomic E-state index is 2.48. The van der Waals surface area contributed by atoms with E-state index < -0.39 is 0 Å². The average molecular weight is 203 g/mol. The van der Waals surface area contributed by atoms with Gasteiger partial charge in [0.25, 0.3) is 0 Å². The molecule has 0 radical (unpaired) electrons. The van der Waals surface area contributed by atoms with Crippen LogP contribution in [-0.4, -0.2) is 24.5 Å². The Morgan fingerprint density at radius 2 is 1.80 bits per heavy atom. The predicted octanol–water partition coefficient (Wildman–Crippen LogP) is 3.13. The summed E-state index contributed by atoms with van der Waals surface area (Å²) in [6.07, 6.45) is 1.29. The summed E-state index contributed by atoms with van der Waals surface area (Å²) >= 11 is 0. The highest BCUT2D eigenvalue weighted by Gasteiger charge is 2.29. The van der Waals surface area contributed by atoms with Gasteiger partial charge < -0.3 is 4.90 Å². The summed E-state index contributed by atoms with van der Waals surface area (Å²) in [6.45, 7) is 5.93. The van der Waals surface area contributed by atoms with Gasteiger partial charge in [-0.25, -0.2) is 0 Å². The second kappa shape index (κ2) is 4.36. The number of piperidine rings is 1. The smallest absolute Gasteiger partial charge is 0.00699 e. The van der Waals surface area contributed by atoms with Crippen molar-refractivity contribution in [1.29, 1.82) is 0 Å². The fourth-order valence-electron chi connectivity index (χ4n) is 2.71. The maximum Gasteiger partial charge on any atom is 0.00699 e. The largest absolute Gasteiger partial charge is 0.303 e. The third kappa shape index (κ3) is 2.23. The number of benzene rings is 1. The van der Waals surface area contributed by atoms with Crippen molar-refractivity contribution in [2.45, 2.75) is 32.2 Å². The second-order valence-electron chi connectivity index (χ2n) is 5.02. The SMILES string of the molecule is C[C@@H]1C[C@@H](c2ccccc2)[C@@H](C)CN1C. The maximum absolute atomic E-state index is 2.48. The van der Waals surface area contributed by atoms with E-state index in [1.165, 1.54) is 18.5 Å². The molecule has 1 aliphatic heterocycles. The molecule has 0 spiro atoms. The van der Waals surface area contributed by atoms with Crippen LogP contribution in [0.1, 0.15) is 31.7 Å². The van der Waals surface area contributed by atoms with Crippen LogP contribution in [0.2, 0.25) is 0 Å². The molecule has 0 aliphatic carbocycles. The Labute approximate surface area is 93.1 Å². The summed E-state index contributed by atoms with van der Waals surface area (Å²) in [5, 5.41) is 0. The summed E-state index contributed by atoms with van der Waals surface area (Å²) in [5.74, 6) is 1.52. The van der Waals surface area contributed by atoms with E-state index in [0.29, 0.717) is 6.04 Å². The molecule has 1 fully saturated rings. The van der Waals surface area contributed by atoms with E-state index >= 15 is 0 Å². The molecular formula is C14H21N. The van der Waals surface area contributed by atoms with E-state index in [-0.39, 0.29) is 0 Å². The molecule has 2 rings (SSSR count). The molecule has 3 atom stereocenters. The molecule has 0 N–H and O–H groups in total. The fourth-order valence-corrected chi connectivity index (χ4v) is 2.71. The van der Waals surface area contributed by atoms with Gasteiger partial charge in [-0.1, -0.05) is 37.3 Å². The highest BCUT2D eigenvalue weighted by molar-refractivity contribution is 5.21. The van der Waals surface area contributed by atoms with Gasteiger partial charge in [0.15, 0.2) is 0 Å². The standard InChI is InChI=1S/C14H21N/c1-11-10-15(3)12(2)9-14(11)13-7-5-4-6-8-13/h4-8,11-12,14H,9-10H2,1-3H3/t11-,12+,14+/m0/s1. The van der Waals surface area contributed by atoms with E-state index in [4.69, 9.17) is 0 Å². The number of hydrogen-bond acceptors (Lipinski definition) is 1. The molecule has 0 aromatic heterocycles. The van der Waals surface area contributed by atoms with Gasteiger partial charge in [0.2, 0.25) is 0 Å². The molecular weight excluding hydrogens is 182 g/mol. The van der Waals surface area contributed by atoms with Crippen molar-refractivity contribution in [3.8, 4) is 0 Å². The van der Waals surface area contributed by atoms with Crippen LogP contribution >= 0.6 is 0 Å². The van der Waals surface area contributed by atoms with Gasteiger partial charge in [-0.15, -0.1) is 0 Å². The van der Waals surface area contributed by atoms with Crippen molar-refractivity contribution in [2.75, 3.05) is 13.6 Å². The molecule has 0 bridgehead atoms. The summed E-state index contributed by atoms with van der Waals surface area (Å²) in [5.41, 5.74) is 1.52. The molecule has 1 aromatic rings. The first-order valence-electron chi connectivity index (χ1n) is 5.93. The van der Waals surface area contributed by atoms with Gasteiger partial charge in [0.1, 0.15) is 0 Å². The Kier molecular flexibility index (Phi) is 3.11. The van der Waals surface area contributed by atoms with Gasteiger partial charge in [0.05, 0.1) is 0 Å². The molecule has 1 aliphatic rings. The highest BCUT2D eigenvalue weighted by Crippen LogP contribution is 2.34. The lowest BCUT2D eigenvalue weighted by molar-refractivity contribution is 0.136. The van der Waals surface area contributed by atoms with Gasteiger partial charge in [-0.3, -0.25) is 0 Å². The fraction of sp³-hybridized carbons (Fsp3) is 0.571. The molecule has 1 nitrogen and oxygen atoms in total. The van der Waals surface area contributed by atoms with E-state index in [2.05, 4.69) is 56.1 Å². The van der Waals surface area contributed by atoms with Crippen LogP contribution < -0.4 is 0 Å². The van der Waals surface area contributed by atoms with Crippen molar-refractivity contribution in [3.63, 3.8) is 0 Å². The van der Waals surface area contributed by atoms with Crippen LogP contribution in [-0.2, 0) is 0 Å². The molecule has 1 saturated heterocycles. The Bertz CT molecular complexity index is 306. The van der Waals surface area contributed by atoms with E-state index in [0.717, 1.165) is 11.8 Å². The summed E-state index contributed by atoms with van der Waals surface area (Å²) < 4.78 is 0. The normalized spacial score (nSPS) is 32.9. The lowest BCUT2D eigenvalue weighted by Gasteiger charge is -2.40. The Hall–Kier alpha value is -0.820. The van der Waals surface area contributed by atoms with Crippen LogP contribution in [0, 0.1) is 5.92 Å². The zero-order valence-electron chi connectivity index (χ0n) is 9.98. The second-order valence-corrected chi connectivity index (χ2v) is 5.02. The minimum Gasteiger partial charge on any atom is -0.303 e. The molecule has 0 amide bonds. The average Bonchev–Trinajstić information content (AvgIpc) is 2.25. The van der Waals surface area contributed by atoms with E-state index in [1.807, 2.05) is 0 Å². The lowest BCUT2D eigenvalue weighted by atomic mass is 9.79. The minimum atomic E-state index is 0.714. The lowest BCUT2D eigenvalue weighted by Crippen LogP contribution is -2.41. The molecule has 0 unspecified atom stereocenters. The van der Waals surface area contributed by atoms with Crippen LogP contribution in [0.4, 0.5) is 0 Å². The molecule has 1 aromatic carbocycles. The minimum absolute atomic E-state index is 0.714. The van der Waals surface area contributed by atoms with Crippen molar-refractivity contribution in [3.05, 3.63) is 35.9 Å². The van der Waals surface area contributed by atoms with Gasteiger partial charge >= 0.3 is 0 Å². The predicted molar refractivity (Wildman–Crippen MR) is 65.1 cm³/mol. The van der Waals surface area contributed by atoms with Gasteiger partial charge in [0, 0.05) is 12.6 Å². The zero-order chi connectivity index (χ0) is 10.8. The number of likely N-dealkylation sites (tertiary alicyclic amines) is 1. The first-order chi connectivity index (χ1) is 7.18. The van der Waals surface area contributed by atoms with Gasteiger partial charge in [-0.05, 0) is 37.8 Å². The van der Waals surface area contributed by atoms with Crippen molar-refractivity contribution in [2.24, 2.45) is 5.92 Å².